The van der Waals surface area contributed by atoms with Gasteiger partial charge in [0, 0.05) is 9.92 Å². The van der Waals surface area contributed by atoms with Gasteiger partial charge in [0.1, 0.15) is 0 Å². The summed E-state index contributed by atoms with van der Waals surface area (Å²) < 4.78 is 0. The summed E-state index contributed by atoms with van der Waals surface area (Å²) in [6.07, 6.45) is 0. The molecule has 0 aliphatic rings. The molecule has 0 spiro atoms. The number of thioether (sulfide) groups is 1. The molecule has 0 saturated carbocycles. The molecule has 0 fully saturated rings. The Labute approximate surface area is 111 Å². The number of hydrogen-bond acceptors (Lipinski definition) is 2. The molecule has 0 saturated heterocycles. The van der Waals surface area contributed by atoms with Crippen molar-refractivity contribution in [1.82, 2.24) is 0 Å². The lowest BCUT2D eigenvalue weighted by atomic mass is 10.2. The monoisotopic (exact) mass is 263 g/mol. The van der Waals surface area contributed by atoms with Crippen LogP contribution < -0.4 is 5.73 Å². The molecular formula is C14H14ClNS. The topological polar surface area (TPSA) is 26.0 Å². The smallest absolute Gasteiger partial charge is 0.0811 e. The minimum Gasteiger partial charge on any atom is -0.315 e. The lowest BCUT2D eigenvalue weighted by molar-refractivity contribution is 1.03. The Kier molecular flexibility index (Phi) is 4.11. The van der Waals surface area contributed by atoms with Gasteiger partial charge in [-0.2, -0.15) is 0 Å². The molecule has 2 aromatic rings. The highest BCUT2D eigenvalue weighted by molar-refractivity contribution is 7.99. The second kappa shape index (κ2) is 5.58. The van der Waals surface area contributed by atoms with Crippen LogP contribution >= 0.6 is 23.4 Å². The maximum absolute atomic E-state index is 6.14. The maximum atomic E-state index is 6.14. The van der Waals surface area contributed by atoms with Crippen molar-refractivity contribution in [3.05, 3.63) is 64.7 Å². The Morgan fingerprint density at radius 2 is 1.59 bits per heavy atom. The van der Waals surface area contributed by atoms with E-state index in [2.05, 4.69) is 31.2 Å². The van der Waals surface area contributed by atoms with E-state index in [1.807, 2.05) is 24.3 Å². The highest BCUT2D eigenvalue weighted by Gasteiger charge is 2.07. The van der Waals surface area contributed by atoms with Gasteiger partial charge in [-0.25, -0.2) is 0 Å². The standard InChI is InChI=1S/C14H14ClNS/c1-10-2-8-13(9-3-10)17-14(16)11-4-6-12(15)7-5-11/h2-9,14H,16H2,1H3. The predicted molar refractivity (Wildman–Crippen MR) is 75.4 cm³/mol. The number of aryl methyl sites for hydroxylation is 1. The van der Waals surface area contributed by atoms with E-state index in [-0.39, 0.29) is 5.37 Å². The van der Waals surface area contributed by atoms with Crippen LogP contribution in [0.1, 0.15) is 16.5 Å². The fourth-order valence-corrected chi connectivity index (χ4v) is 2.49. The molecule has 2 N–H and O–H groups in total. The number of hydrogen-bond donors (Lipinski definition) is 1. The molecule has 0 amide bonds. The lowest BCUT2D eigenvalue weighted by Gasteiger charge is -2.11. The Morgan fingerprint density at radius 3 is 2.18 bits per heavy atom. The van der Waals surface area contributed by atoms with Crippen molar-refractivity contribution in [2.24, 2.45) is 5.73 Å². The van der Waals surface area contributed by atoms with Gasteiger partial charge in [-0.15, -0.1) is 11.8 Å². The van der Waals surface area contributed by atoms with Crippen LogP contribution in [0.3, 0.4) is 0 Å². The molecule has 0 bridgehead atoms. The molecule has 17 heavy (non-hydrogen) atoms. The fraction of sp³-hybridized carbons (Fsp3) is 0.143. The normalized spacial score (nSPS) is 12.4. The number of benzene rings is 2. The van der Waals surface area contributed by atoms with Crippen molar-refractivity contribution in [1.29, 1.82) is 0 Å². The minimum absolute atomic E-state index is 0.0602. The first-order valence-corrected chi connectivity index (χ1v) is 6.65. The van der Waals surface area contributed by atoms with Gasteiger partial charge < -0.3 is 5.73 Å². The van der Waals surface area contributed by atoms with Crippen molar-refractivity contribution in [3.63, 3.8) is 0 Å². The Morgan fingerprint density at radius 1 is 1.00 bits per heavy atom. The summed E-state index contributed by atoms with van der Waals surface area (Å²) in [6, 6.07) is 16.0. The second-order valence-corrected chi connectivity index (χ2v) is 5.55. The zero-order valence-electron chi connectivity index (χ0n) is 9.56. The molecule has 0 aliphatic heterocycles. The fourth-order valence-electron chi connectivity index (χ4n) is 1.48. The van der Waals surface area contributed by atoms with Crippen molar-refractivity contribution in [3.8, 4) is 0 Å². The molecule has 88 valence electrons. The molecule has 3 heteroatoms. The van der Waals surface area contributed by atoms with Gasteiger partial charge >= 0.3 is 0 Å². The highest BCUT2D eigenvalue weighted by Crippen LogP contribution is 2.31. The molecule has 0 aliphatic carbocycles. The van der Waals surface area contributed by atoms with Crippen molar-refractivity contribution < 1.29 is 0 Å². The summed E-state index contributed by atoms with van der Waals surface area (Å²) in [5, 5.41) is 0.677. The Bertz CT molecular complexity index is 479. The van der Waals surface area contributed by atoms with Crippen LogP contribution in [0, 0.1) is 6.92 Å². The first-order chi connectivity index (χ1) is 8.15. The van der Waals surface area contributed by atoms with Crippen LogP contribution in [-0.2, 0) is 0 Å². The van der Waals surface area contributed by atoms with Crippen LogP contribution in [0.2, 0.25) is 5.02 Å². The molecule has 0 heterocycles. The Hall–Kier alpha value is -0.960. The van der Waals surface area contributed by atoms with Crippen molar-refractivity contribution in [2.45, 2.75) is 17.2 Å². The van der Waals surface area contributed by atoms with Gasteiger partial charge in [-0.05, 0) is 36.8 Å². The van der Waals surface area contributed by atoms with Crippen LogP contribution in [-0.4, -0.2) is 0 Å². The predicted octanol–water partition coefficient (Wildman–Crippen LogP) is 4.40. The molecule has 1 unspecified atom stereocenters. The van der Waals surface area contributed by atoms with E-state index in [1.54, 1.807) is 11.8 Å². The molecule has 0 aromatic heterocycles. The van der Waals surface area contributed by atoms with E-state index in [0.29, 0.717) is 0 Å². The molecule has 2 aromatic carbocycles. The van der Waals surface area contributed by atoms with Gasteiger partial charge in [0.15, 0.2) is 0 Å². The molecule has 2 rings (SSSR count). The van der Waals surface area contributed by atoms with Gasteiger partial charge in [0.2, 0.25) is 0 Å². The number of halogens is 1. The summed E-state index contributed by atoms with van der Waals surface area (Å²) in [6.45, 7) is 2.08. The summed E-state index contributed by atoms with van der Waals surface area (Å²) in [4.78, 5) is 1.18. The summed E-state index contributed by atoms with van der Waals surface area (Å²) in [5.74, 6) is 0. The average Bonchev–Trinajstić information content (AvgIpc) is 2.33. The van der Waals surface area contributed by atoms with E-state index in [1.165, 1.54) is 10.5 Å². The van der Waals surface area contributed by atoms with E-state index in [4.69, 9.17) is 17.3 Å². The molecule has 1 nitrogen and oxygen atoms in total. The third kappa shape index (κ3) is 3.50. The quantitative estimate of drug-likeness (QED) is 0.656. The van der Waals surface area contributed by atoms with E-state index in [0.717, 1.165) is 10.6 Å². The maximum Gasteiger partial charge on any atom is 0.0811 e. The zero-order valence-corrected chi connectivity index (χ0v) is 11.1. The molecular weight excluding hydrogens is 250 g/mol. The minimum atomic E-state index is -0.0602. The van der Waals surface area contributed by atoms with Gasteiger partial charge in [0.25, 0.3) is 0 Å². The Balaban J connectivity index is 2.08. The van der Waals surface area contributed by atoms with Gasteiger partial charge in [-0.1, -0.05) is 41.4 Å². The summed E-state index contributed by atoms with van der Waals surface area (Å²) in [5.41, 5.74) is 8.48. The van der Waals surface area contributed by atoms with Gasteiger partial charge in [-0.3, -0.25) is 0 Å². The zero-order chi connectivity index (χ0) is 12.3. The van der Waals surface area contributed by atoms with Crippen molar-refractivity contribution in [2.75, 3.05) is 0 Å². The number of rotatable bonds is 3. The molecule has 0 radical (unpaired) electrons. The van der Waals surface area contributed by atoms with Crippen LogP contribution in [0.15, 0.2) is 53.4 Å². The van der Waals surface area contributed by atoms with Crippen LogP contribution in [0.5, 0.6) is 0 Å². The first kappa shape index (κ1) is 12.5. The van der Waals surface area contributed by atoms with E-state index < -0.39 is 0 Å². The average molecular weight is 264 g/mol. The van der Waals surface area contributed by atoms with Crippen LogP contribution in [0.25, 0.3) is 0 Å². The SMILES string of the molecule is Cc1ccc(SC(N)c2ccc(Cl)cc2)cc1. The van der Waals surface area contributed by atoms with Crippen LogP contribution in [0.4, 0.5) is 0 Å². The van der Waals surface area contributed by atoms with Crippen molar-refractivity contribution >= 4 is 23.4 Å². The van der Waals surface area contributed by atoms with E-state index >= 15 is 0 Å². The van der Waals surface area contributed by atoms with E-state index in [9.17, 15) is 0 Å². The first-order valence-electron chi connectivity index (χ1n) is 5.39. The third-order valence-electron chi connectivity index (χ3n) is 2.48. The highest BCUT2D eigenvalue weighted by atomic mass is 35.5. The summed E-state index contributed by atoms with van der Waals surface area (Å²) >= 11 is 7.49. The molecule has 1 atom stereocenters. The summed E-state index contributed by atoms with van der Waals surface area (Å²) in [7, 11) is 0. The third-order valence-corrected chi connectivity index (χ3v) is 3.80. The lowest BCUT2D eigenvalue weighted by Crippen LogP contribution is -2.05. The number of nitrogens with two attached hydrogens (primary N) is 1. The second-order valence-electron chi connectivity index (χ2n) is 3.90. The largest absolute Gasteiger partial charge is 0.315 e. The van der Waals surface area contributed by atoms with Gasteiger partial charge in [0.05, 0.1) is 5.37 Å².